The molecule has 1 saturated heterocycles. The normalized spacial score (nSPS) is 16.0. The first kappa shape index (κ1) is 15.5. The maximum atomic E-state index is 12.7. The summed E-state index contributed by atoms with van der Waals surface area (Å²) in [5.41, 5.74) is 7.28. The number of likely N-dealkylation sites (tertiary alicyclic amines) is 1. The molecule has 2 N–H and O–H groups in total. The first-order chi connectivity index (χ1) is 11.1. The van der Waals surface area contributed by atoms with E-state index in [2.05, 4.69) is 15.1 Å². The molecule has 0 bridgehead atoms. The van der Waals surface area contributed by atoms with Gasteiger partial charge in [-0.15, -0.1) is 0 Å². The minimum atomic E-state index is 0.0526. The summed E-state index contributed by atoms with van der Waals surface area (Å²) in [7, 11) is 0. The highest BCUT2D eigenvalue weighted by Gasteiger charge is 2.27. The van der Waals surface area contributed by atoms with E-state index < -0.39 is 0 Å². The summed E-state index contributed by atoms with van der Waals surface area (Å²) in [6.45, 7) is 5.48. The van der Waals surface area contributed by atoms with Crippen molar-refractivity contribution in [3.05, 3.63) is 35.9 Å². The monoisotopic (exact) mass is 314 g/mol. The summed E-state index contributed by atoms with van der Waals surface area (Å²) >= 11 is 0. The lowest BCUT2D eigenvalue weighted by Crippen LogP contribution is -2.39. The van der Waals surface area contributed by atoms with E-state index in [0.29, 0.717) is 17.6 Å². The molecule has 0 aromatic carbocycles. The maximum absolute atomic E-state index is 12.7. The molecule has 0 atom stereocenters. The molecule has 0 radical (unpaired) electrons. The van der Waals surface area contributed by atoms with Crippen LogP contribution in [0.2, 0.25) is 0 Å². The van der Waals surface area contributed by atoms with E-state index in [9.17, 15) is 4.79 Å². The molecule has 7 nitrogen and oxygen atoms in total. The fourth-order valence-electron chi connectivity index (χ4n) is 3.05. The van der Waals surface area contributed by atoms with Crippen LogP contribution >= 0.6 is 0 Å². The number of carbonyl (C=O) groups excluding carboxylic acids is 1. The zero-order valence-electron chi connectivity index (χ0n) is 13.5. The quantitative estimate of drug-likeness (QED) is 0.934. The molecule has 23 heavy (non-hydrogen) atoms. The molecule has 3 rings (SSSR count). The molecule has 1 amide bonds. The number of piperidine rings is 1. The molecule has 0 unspecified atom stereocenters. The van der Waals surface area contributed by atoms with E-state index in [0.717, 1.165) is 31.6 Å². The highest BCUT2D eigenvalue weighted by atomic mass is 16.2. The topological polar surface area (TPSA) is 89.9 Å². The first-order valence-corrected chi connectivity index (χ1v) is 7.97. The second-order valence-corrected chi connectivity index (χ2v) is 6.16. The Morgan fingerprint density at radius 1 is 1.26 bits per heavy atom. The van der Waals surface area contributed by atoms with Crippen LogP contribution in [0.4, 0.5) is 5.95 Å². The third-order valence-electron chi connectivity index (χ3n) is 4.27. The van der Waals surface area contributed by atoms with Gasteiger partial charge in [-0.1, -0.05) is 0 Å². The molecule has 3 heterocycles. The van der Waals surface area contributed by atoms with E-state index in [1.807, 2.05) is 24.8 Å². The number of amides is 1. The van der Waals surface area contributed by atoms with Crippen molar-refractivity contribution >= 4 is 11.9 Å². The van der Waals surface area contributed by atoms with Crippen molar-refractivity contribution in [3.8, 4) is 0 Å². The van der Waals surface area contributed by atoms with Crippen molar-refractivity contribution in [3.63, 3.8) is 0 Å². The van der Waals surface area contributed by atoms with Crippen LogP contribution in [0.1, 0.15) is 54.8 Å². The number of anilines is 1. The number of rotatable bonds is 3. The standard InChI is InChI=1S/C16H22N6O/c1-11(2)22-14(4-8-19-22)15(23)21-9-5-12(6-10-21)13-3-7-18-16(17)20-13/h3-4,7-8,11-12H,5-6,9-10H2,1-2H3,(H2,17,18,20). The summed E-state index contributed by atoms with van der Waals surface area (Å²) in [5, 5.41) is 4.24. The van der Waals surface area contributed by atoms with Crippen molar-refractivity contribution < 1.29 is 4.79 Å². The lowest BCUT2D eigenvalue weighted by molar-refractivity contribution is 0.0697. The Morgan fingerprint density at radius 2 is 2.00 bits per heavy atom. The van der Waals surface area contributed by atoms with E-state index in [1.165, 1.54) is 0 Å². The van der Waals surface area contributed by atoms with Crippen LogP contribution in [-0.2, 0) is 0 Å². The summed E-state index contributed by atoms with van der Waals surface area (Å²) in [5.74, 6) is 0.693. The smallest absolute Gasteiger partial charge is 0.272 e. The molecule has 1 fully saturated rings. The minimum absolute atomic E-state index is 0.0526. The molecule has 2 aromatic heterocycles. The molecule has 0 spiro atoms. The minimum Gasteiger partial charge on any atom is -0.368 e. The Balaban J connectivity index is 1.67. The predicted molar refractivity (Wildman–Crippen MR) is 86.9 cm³/mol. The van der Waals surface area contributed by atoms with E-state index >= 15 is 0 Å². The van der Waals surface area contributed by atoms with Gasteiger partial charge in [0.1, 0.15) is 5.69 Å². The van der Waals surface area contributed by atoms with Crippen LogP contribution in [0.3, 0.4) is 0 Å². The van der Waals surface area contributed by atoms with Gasteiger partial charge >= 0.3 is 0 Å². The summed E-state index contributed by atoms with van der Waals surface area (Å²) < 4.78 is 1.78. The molecule has 2 aromatic rings. The van der Waals surface area contributed by atoms with Crippen molar-refractivity contribution in [2.45, 2.75) is 38.6 Å². The van der Waals surface area contributed by atoms with Crippen LogP contribution in [0.15, 0.2) is 24.5 Å². The third kappa shape index (κ3) is 3.18. The number of nitrogens with zero attached hydrogens (tertiary/aromatic N) is 5. The number of nitrogen functional groups attached to an aromatic ring is 1. The molecule has 1 aliphatic rings. The lowest BCUT2D eigenvalue weighted by atomic mass is 9.93. The Bertz CT molecular complexity index is 687. The van der Waals surface area contributed by atoms with Gasteiger partial charge in [-0.3, -0.25) is 9.48 Å². The summed E-state index contributed by atoms with van der Waals surface area (Å²) in [6, 6.07) is 3.87. The summed E-state index contributed by atoms with van der Waals surface area (Å²) in [6.07, 6.45) is 5.15. The lowest BCUT2D eigenvalue weighted by Gasteiger charge is -2.32. The number of carbonyl (C=O) groups is 1. The van der Waals surface area contributed by atoms with E-state index in [-0.39, 0.29) is 11.9 Å². The Kier molecular flexibility index (Phi) is 4.27. The predicted octanol–water partition coefficient (Wildman–Crippen LogP) is 1.86. The fraction of sp³-hybridized carbons (Fsp3) is 0.500. The second kappa shape index (κ2) is 6.36. The van der Waals surface area contributed by atoms with Gasteiger partial charge in [0, 0.05) is 43.1 Å². The molecule has 122 valence electrons. The fourth-order valence-corrected chi connectivity index (χ4v) is 3.05. The summed E-state index contributed by atoms with van der Waals surface area (Å²) in [4.78, 5) is 22.8. The molecule has 7 heteroatoms. The highest BCUT2D eigenvalue weighted by molar-refractivity contribution is 5.92. The third-order valence-corrected chi connectivity index (χ3v) is 4.27. The van der Waals surface area contributed by atoms with Crippen LogP contribution in [0.25, 0.3) is 0 Å². The number of aromatic nitrogens is 4. The van der Waals surface area contributed by atoms with Gasteiger partial charge in [0.25, 0.3) is 5.91 Å². The van der Waals surface area contributed by atoms with Crippen molar-refractivity contribution in [1.29, 1.82) is 0 Å². The molecule has 0 saturated carbocycles. The van der Waals surface area contributed by atoms with Gasteiger partial charge in [0.15, 0.2) is 0 Å². The largest absolute Gasteiger partial charge is 0.368 e. The highest BCUT2D eigenvalue weighted by Crippen LogP contribution is 2.27. The van der Waals surface area contributed by atoms with Crippen LogP contribution < -0.4 is 5.73 Å². The molecule has 1 aliphatic heterocycles. The van der Waals surface area contributed by atoms with Crippen LogP contribution in [-0.4, -0.2) is 43.6 Å². The van der Waals surface area contributed by atoms with Crippen LogP contribution in [0, 0.1) is 0 Å². The molecular formula is C16H22N6O. The van der Waals surface area contributed by atoms with Crippen molar-refractivity contribution in [1.82, 2.24) is 24.6 Å². The average Bonchev–Trinajstić information content (AvgIpc) is 3.04. The SMILES string of the molecule is CC(C)n1nccc1C(=O)N1CCC(c2ccnc(N)n2)CC1. The maximum Gasteiger partial charge on any atom is 0.272 e. The second-order valence-electron chi connectivity index (χ2n) is 6.16. The Labute approximate surface area is 135 Å². The van der Waals surface area contributed by atoms with Gasteiger partial charge in [-0.2, -0.15) is 5.10 Å². The molecular weight excluding hydrogens is 292 g/mol. The van der Waals surface area contributed by atoms with Gasteiger partial charge in [-0.25, -0.2) is 9.97 Å². The van der Waals surface area contributed by atoms with Gasteiger partial charge in [0.05, 0.1) is 0 Å². The number of nitrogens with two attached hydrogens (primary N) is 1. The Hall–Kier alpha value is -2.44. The van der Waals surface area contributed by atoms with Crippen LogP contribution in [0.5, 0.6) is 0 Å². The zero-order valence-corrected chi connectivity index (χ0v) is 13.5. The van der Waals surface area contributed by atoms with Gasteiger partial charge < -0.3 is 10.6 Å². The van der Waals surface area contributed by atoms with Crippen molar-refractivity contribution in [2.24, 2.45) is 0 Å². The number of hydrogen-bond donors (Lipinski definition) is 1. The Morgan fingerprint density at radius 3 is 2.65 bits per heavy atom. The van der Waals surface area contributed by atoms with E-state index in [1.54, 1.807) is 23.1 Å². The first-order valence-electron chi connectivity index (χ1n) is 7.97. The van der Waals surface area contributed by atoms with E-state index in [4.69, 9.17) is 5.73 Å². The molecule has 0 aliphatic carbocycles. The van der Waals surface area contributed by atoms with Crippen molar-refractivity contribution in [2.75, 3.05) is 18.8 Å². The van der Waals surface area contributed by atoms with Gasteiger partial charge in [0.2, 0.25) is 5.95 Å². The zero-order chi connectivity index (χ0) is 16.4. The van der Waals surface area contributed by atoms with Gasteiger partial charge in [-0.05, 0) is 38.8 Å². The number of hydrogen-bond acceptors (Lipinski definition) is 5. The average molecular weight is 314 g/mol.